The molecule has 0 unspecified atom stereocenters. The number of carbonyl (C=O) groups excluding carboxylic acids is 1. The van der Waals surface area contributed by atoms with E-state index < -0.39 is 33.8 Å². The molecule has 0 amide bonds. The van der Waals surface area contributed by atoms with Crippen LogP contribution >= 0.6 is 27.3 Å². The number of hydrogen-bond acceptors (Lipinski definition) is 8. The van der Waals surface area contributed by atoms with Crippen LogP contribution in [0.1, 0.15) is 36.4 Å². The molecule has 2 N–H and O–H groups in total. The molecule has 3 rings (SSSR count). The Balaban J connectivity index is 2.07. The highest BCUT2D eigenvalue weighted by Crippen LogP contribution is 2.46. The maximum Gasteiger partial charge on any atom is 0.349 e. The lowest BCUT2D eigenvalue weighted by Gasteiger charge is -2.36. The van der Waals surface area contributed by atoms with E-state index in [9.17, 15) is 23.1 Å². The highest BCUT2D eigenvalue weighted by molar-refractivity contribution is 9.10. The molecule has 0 spiro atoms. The third kappa shape index (κ3) is 5.56. The highest BCUT2D eigenvalue weighted by Gasteiger charge is 2.34. The second-order valence-corrected chi connectivity index (χ2v) is 12.2. The summed E-state index contributed by atoms with van der Waals surface area (Å²) < 4.78 is 38.5. The first kappa shape index (κ1) is 26.5. The third-order valence-electron chi connectivity index (χ3n) is 5.44. The first-order valence-corrected chi connectivity index (χ1v) is 13.8. The molecule has 186 valence electrons. The van der Waals surface area contributed by atoms with Crippen LogP contribution in [0, 0.1) is 0 Å². The monoisotopic (exact) mass is 574 g/mol. The van der Waals surface area contributed by atoms with Crippen molar-refractivity contribution in [2.45, 2.75) is 38.0 Å². The van der Waals surface area contributed by atoms with Crippen LogP contribution in [0.15, 0.2) is 28.7 Å². The second kappa shape index (κ2) is 11.1. The van der Waals surface area contributed by atoms with Crippen molar-refractivity contribution < 1.29 is 32.6 Å². The van der Waals surface area contributed by atoms with E-state index in [4.69, 9.17) is 4.74 Å². The molecule has 1 aromatic carbocycles. The average Bonchev–Trinajstić information content (AvgIpc) is 3.14. The Kier molecular flexibility index (Phi) is 8.61. The van der Waals surface area contributed by atoms with Crippen molar-refractivity contribution in [3.05, 3.63) is 33.6 Å². The molecule has 34 heavy (non-hydrogen) atoms. The van der Waals surface area contributed by atoms with Crippen molar-refractivity contribution in [3.8, 4) is 16.2 Å². The van der Waals surface area contributed by atoms with Gasteiger partial charge in [-0.15, -0.1) is 11.3 Å². The van der Waals surface area contributed by atoms with Gasteiger partial charge in [-0.25, -0.2) is 18.0 Å². The van der Waals surface area contributed by atoms with Crippen LogP contribution in [0.2, 0.25) is 0 Å². The smallest absolute Gasteiger partial charge is 0.349 e. The number of nitrogens with zero attached hydrogens (tertiary/aromatic N) is 1. The molecule has 1 aromatic heterocycles. The standard InChI is InChI=1S/C22H27BrN2O7S2/c1-13(2)34(29,30)25(15-7-9-24-10-8-15)16-6-4-5-14(11-16)20-18(23)19(21(33-20)22(27)28)32-12-17(26)31-3/h4-6,11,13,15,24H,7-10,12H2,1-3H3,(H,27,28). The molecule has 0 bridgehead atoms. The van der Waals surface area contributed by atoms with Gasteiger partial charge in [0.25, 0.3) is 0 Å². The second-order valence-electron chi connectivity index (χ2n) is 7.99. The Bertz CT molecular complexity index is 1160. The van der Waals surface area contributed by atoms with Crippen LogP contribution in [-0.4, -0.2) is 63.6 Å². The van der Waals surface area contributed by atoms with E-state index in [2.05, 4.69) is 26.0 Å². The van der Waals surface area contributed by atoms with E-state index in [0.29, 0.717) is 33.4 Å². The Hall–Kier alpha value is -2.15. The van der Waals surface area contributed by atoms with E-state index in [-0.39, 0.29) is 16.7 Å². The van der Waals surface area contributed by atoms with E-state index in [1.54, 1.807) is 38.1 Å². The van der Waals surface area contributed by atoms with E-state index >= 15 is 0 Å². The van der Waals surface area contributed by atoms with Gasteiger partial charge in [-0.05, 0) is 73.4 Å². The molecular weight excluding hydrogens is 548 g/mol. The number of carboxylic acids is 1. The summed E-state index contributed by atoms with van der Waals surface area (Å²) in [6.45, 7) is 4.34. The number of benzene rings is 1. The van der Waals surface area contributed by atoms with Gasteiger partial charge < -0.3 is 19.9 Å². The number of rotatable bonds is 9. The normalized spacial score (nSPS) is 14.7. The Morgan fingerprint density at radius 1 is 1.29 bits per heavy atom. The number of nitrogens with one attached hydrogen (secondary N) is 1. The lowest BCUT2D eigenvalue weighted by Crippen LogP contribution is -2.48. The topological polar surface area (TPSA) is 122 Å². The van der Waals surface area contributed by atoms with Crippen LogP contribution < -0.4 is 14.4 Å². The number of carboxylic acid groups (broad SMARTS) is 1. The van der Waals surface area contributed by atoms with Gasteiger partial charge in [0.2, 0.25) is 10.0 Å². The molecule has 12 heteroatoms. The molecule has 1 aliphatic rings. The number of carbonyl (C=O) groups is 2. The number of methoxy groups -OCH3 is 1. The van der Waals surface area contributed by atoms with Crippen LogP contribution in [-0.2, 0) is 19.6 Å². The molecule has 0 atom stereocenters. The van der Waals surface area contributed by atoms with Crippen molar-refractivity contribution in [2.24, 2.45) is 0 Å². The van der Waals surface area contributed by atoms with Gasteiger partial charge >= 0.3 is 11.9 Å². The van der Waals surface area contributed by atoms with Gasteiger partial charge in [0, 0.05) is 6.04 Å². The lowest BCUT2D eigenvalue weighted by molar-refractivity contribution is -0.142. The van der Waals surface area contributed by atoms with E-state index in [1.165, 1.54) is 11.4 Å². The van der Waals surface area contributed by atoms with Crippen LogP contribution in [0.25, 0.3) is 10.4 Å². The largest absolute Gasteiger partial charge is 0.479 e. The fourth-order valence-corrected chi connectivity index (χ4v) is 7.04. The van der Waals surface area contributed by atoms with Crippen molar-refractivity contribution >= 4 is 54.9 Å². The number of esters is 1. The Morgan fingerprint density at radius 3 is 2.56 bits per heavy atom. The number of piperidine rings is 1. The van der Waals surface area contributed by atoms with Crippen molar-refractivity contribution in [3.63, 3.8) is 0 Å². The molecule has 0 saturated carbocycles. The summed E-state index contributed by atoms with van der Waals surface area (Å²) in [7, 11) is -2.40. The van der Waals surface area contributed by atoms with E-state index in [0.717, 1.165) is 24.4 Å². The summed E-state index contributed by atoms with van der Waals surface area (Å²) in [4.78, 5) is 23.8. The van der Waals surface area contributed by atoms with Gasteiger partial charge in [0.15, 0.2) is 17.2 Å². The zero-order chi connectivity index (χ0) is 25.0. The summed E-state index contributed by atoms with van der Waals surface area (Å²) >= 11 is 4.38. The fourth-order valence-electron chi connectivity index (χ4n) is 3.66. The summed E-state index contributed by atoms with van der Waals surface area (Å²) in [6, 6.07) is 6.84. The molecule has 1 aliphatic heterocycles. The van der Waals surface area contributed by atoms with Crippen molar-refractivity contribution in [2.75, 3.05) is 31.1 Å². The molecule has 1 saturated heterocycles. The first-order chi connectivity index (χ1) is 16.1. The summed E-state index contributed by atoms with van der Waals surface area (Å²) in [5, 5.41) is 12.3. The molecule has 0 aliphatic carbocycles. The van der Waals surface area contributed by atoms with E-state index in [1.807, 2.05) is 0 Å². The number of halogens is 1. The SMILES string of the molecule is COC(=O)COc1c(C(=O)O)sc(-c2cccc(N(C3CCNCC3)S(=O)(=O)C(C)C)c2)c1Br. The lowest BCUT2D eigenvalue weighted by atomic mass is 10.1. The van der Waals surface area contributed by atoms with Gasteiger partial charge in [0.05, 0.1) is 27.4 Å². The third-order valence-corrected chi connectivity index (χ3v) is 9.91. The summed E-state index contributed by atoms with van der Waals surface area (Å²) in [5.41, 5.74) is 1.15. The molecule has 1 fully saturated rings. The number of ether oxygens (including phenoxy) is 2. The molecular formula is C22H27BrN2O7S2. The zero-order valence-electron chi connectivity index (χ0n) is 19.0. The molecule has 9 nitrogen and oxygen atoms in total. The minimum Gasteiger partial charge on any atom is -0.479 e. The van der Waals surface area contributed by atoms with Gasteiger partial charge in [-0.1, -0.05) is 12.1 Å². The highest BCUT2D eigenvalue weighted by atomic mass is 79.9. The van der Waals surface area contributed by atoms with Crippen LogP contribution in [0.4, 0.5) is 5.69 Å². The minimum absolute atomic E-state index is 0.0216. The minimum atomic E-state index is -3.61. The molecule has 2 heterocycles. The average molecular weight is 576 g/mol. The van der Waals surface area contributed by atoms with Crippen LogP contribution in [0.5, 0.6) is 5.75 Å². The van der Waals surface area contributed by atoms with Gasteiger partial charge in [0.1, 0.15) is 0 Å². The van der Waals surface area contributed by atoms with Gasteiger partial charge in [-0.3, -0.25) is 4.31 Å². The summed E-state index contributed by atoms with van der Waals surface area (Å²) in [6.07, 6.45) is 1.38. The van der Waals surface area contributed by atoms with Crippen LogP contribution in [0.3, 0.4) is 0 Å². The molecule has 0 radical (unpaired) electrons. The zero-order valence-corrected chi connectivity index (χ0v) is 22.3. The molecule has 2 aromatic rings. The maximum atomic E-state index is 13.3. The fraction of sp³-hybridized carbons (Fsp3) is 0.455. The number of anilines is 1. The Labute approximate surface area is 211 Å². The van der Waals surface area contributed by atoms with Gasteiger partial charge in [-0.2, -0.15) is 0 Å². The number of aromatic carboxylic acids is 1. The number of hydrogen-bond donors (Lipinski definition) is 2. The predicted octanol–water partition coefficient (Wildman–Crippen LogP) is 3.72. The predicted molar refractivity (Wildman–Crippen MR) is 134 cm³/mol. The summed E-state index contributed by atoms with van der Waals surface area (Å²) in [5.74, 6) is -1.82. The van der Waals surface area contributed by atoms with Crippen molar-refractivity contribution in [1.29, 1.82) is 0 Å². The Morgan fingerprint density at radius 2 is 1.97 bits per heavy atom. The first-order valence-electron chi connectivity index (χ1n) is 10.7. The van der Waals surface area contributed by atoms with Crippen molar-refractivity contribution in [1.82, 2.24) is 5.32 Å². The number of thiophene rings is 1. The quantitative estimate of drug-likeness (QED) is 0.434. The number of sulfonamides is 1. The maximum absolute atomic E-state index is 13.3.